The summed E-state index contributed by atoms with van der Waals surface area (Å²) in [6.45, 7) is 9.57. The fourth-order valence-corrected chi connectivity index (χ4v) is 2.59. The molecule has 0 spiro atoms. The van der Waals surface area contributed by atoms with Crippen LogP contribution in [0.2, 0.25) is 0 Å². The Balaban J connectivity index is 2.12. The minimum atomic E-state index is 0.288. The Hall–Kier alpha value is -1.03. The molecule has 2 atom stereocenters. The largest absolute Gasteiger partial charge is 0.342 e. The zero-order valence-corrected chi connectivity index (χ0v) is 11.2. The van der Waals surface area contributed by atoms with Crippen LogP contribution in [0.25, 0.3) is 0 Å². The molecule has 4 nitrogen and oxygen atoms in total. The van der Waals surface area contributed by atoms with E-state index in [9.17, 15) is 0 Å². The molecule has 1 aliphatic heterocycles. The smallest absolute Gasteiger partial charge is 0.205 e. The topological polar surface area (TPSA) is 47.1 Å². The molecular formula is C13H24N4. The minimum Gasteiger partial charge on any atom is -0.342 e. The van der Waals surface area contributed by atoms with Gasteiger partial charge in [0.05, 0.1) is 5.69 Å². The van der Waals surface area contributed by atoms with Crippen LogP contribution in [-0.4, -0.2) is 28.7 Å². The lowest BCUT2D eigenvalue weighted by Gasteiger charge is -2.20. The summed E-state index contributed by atoms with van der Waals surface area (Å²) in [6, 6.07) is 0.288. The van der Waals surface area contributed by atoms with Gasteiger partial charge in [-0.3, -0.25) is 0 Å². The molecule has 17 heavy (non-hydrogen) atoms. The SMILES string of the molecule is CCCn1cc(C)nc1N1CCC(C(C)N)C1. The maximum atomic E-state index is 5.99. The number of hydrogen-bond donors (Lipinski definition) is 1. The first-order valence-corrected chi connectivity index (χ1v) is 6.66. The molecule has 0 radical (unpaired) electrons. The van der Waals surface area contributed by atoms with E-state index < -0.39 is 0 Å². The summed E-state index contributed by atoms with van der Waals surface area (Å²) in [5, 5.41) is 0. The number of nitrogens with two attached hydrogens (primary N) is 1. The van der Waals surface area contributed by atoms with E-state index >= 15 is 0 Å². The highest BCUT2D eigenvalue weighted by Crippen LogP contribution is 2.25. The van der Waals surface area contributed by atoms with Crippen molar-refractivity contribution in [1.82, 2.24) is 9.55 Å². The van der Waals surface area contributed by atoms with Crippen LogP contribution in [-0.2, 0) is 6.54 Å². The Morgan fingerprint density at radius 2 is 2.35 bits per heavy atom. The van der Waals surface area contributed by atoms with Crippen LogP contribution in [0.15, 0.2) is 6.20 Å². The quantitative estimate of drug-likeness (QED) is 0.866. The molecule has 0 bridgehead atoms. The first-order valence-electron chi connectivity index (χ1n) is 6.66. The number of anilines is 1. The molecule has 1 aliphatic rings. The molecule has 0 aromatic carbocycles. The van der Waals surface area contributed by atoms with Gasteiger partial charge in [-0.2, -0.15) is 0 Å². The van der Waals surface area contributed by atoms with E-state index in [0.717, 1.165) is 37.7 Å². The number of nitrogens with zero attached hydrogens (tertiary/aromatic N) is 3. The highest BCUT2D eigenvalue weighted by atomic mass is 15.3. The molecule has 96 valence electrons. The normalized spacial score (nSPS) is 22.1. The van der Waals surface area contributed by atoms with E-state index in [1.54, 1.807) is 0 Å². The lowest BCUT2D eigenvalue weighted by molar-refractivity contribution is 0.487. The van der Waals surface area contributed by atoms with Crippen LogP contribution in [0.1, 0.15) is 32.4 Å². The Bertz CT molecular complexity index is 369. The molecule has 2 N–H and O–H groups in total. The van der Waals surface area contributed by atoms with Crippen LogP contribution in [0, 0.1) is 12.8 Å². The van der Waals surface area contributed by atoms with E-state index in [1.807, 2.05) is 0 Å². The van der Waals surface area contributed by atoms with Crippen molar-refractivity contribution >= 4 is 5.95 Å². The van der Waals surface area contributed by atoms with E-state index in [0.29, 0.717) is 5.92 Å². The number of imidazole rings is 1. The van der Waals surface area contributed by atoms with Crippen LogP contribution >= 0.6 is 0 Å². The monoisotopic (exact) mass is 236 g/mol. The average molecular weight is 236 g/mol. The van der Waals surface area contributed by atoms with Gasteiger partial charge in [0.25, 0.3) is 0 Å². The third kappa shape index (κ3) is 2.63. The summed E-state index contributed by atoms with van der Waals surface area (Å²) < 4.78 is 2.28. The lowest BCUT2D eigenvalue weighted by atomic mass is 10.0. The summed E-state index contributed by atoms with van der Waals surface area (Å²) in [7, 11) is 0. The van der Waals surface area contributed by atoms with Crippen molar-refractivity contribution in [3.63, 3.8) is 0 Å². The third-order valence-corrected chi connectivity index (χ3v) is 3.59. The van der Waals surface area contributed by atoms with Gasteiger partial charge in [0.15, 0.2) is 0 Å². The number of aromatic nitrogens is 2. The molecule has 2 rings (SSSR count). The van der Waals surface area contributed by atoms with Crippen molar-refractivity contribution in [1.29, 1.82) is 0 Å². The molecule has 0 aliphatic carbocycles. The van der Waals surface area contributed by atoms with Crippen molar-refractivity contribution in [2.75, 3.05) is 18.0 Å². The molecule has 4 heteroatoms. The standard InChI is InChI=1S/C13H24N4/c1-4-6-16-8-10(2)15-13(16)17-7-5-12(9-17)11(3)14/h8,11-12H,4-7,9,14H2,1-3H3. The van der Waals surface area contributed by atoms with Gasteiger partial charge in [-0.15, -0.1) is 0 Å². The maximum absolute atomic E-state index is 5.99. The predicted octanol–water partition coefficient (Wildman–Crippen LogP) is 1.78. The van der Waals surface area contributed by atoms with Crippen LogP contribution in [0.3, 0.4) is 0 Å². The molecule has 1 fully saturated rings. The van der Waals surface area contributed by atoms with Crippen LogP contribution < -0.4 is 10.6 Å². The second-order valence-corrected chi connectivity index (χ2v) is 5.23. The molecular weight excluding hydrogens is 212 g/mol. The minimum absolute atomic E-state index is 0.288. The molecule has 1 saturated heterocycles. The van der Waals surface area contributed by atoms with Gasteiger partial charge in [-0.1, -0.05) is 6.92 Å². The fraction of sp³-hybridized carbons (Fsp3) is 0.769. The van der Waals surface area contributed by atoms with Crippen molar-refractivity contribution < 1.29 is 0 Å². The maximum Gasteiger partial charge on any atom is 0.205 e. The fourth-order valence-electron chi connectivity index (χ4n) is 2.59. The molecule has 1 aromatic rings. The van der Waals surface area contributed by atoms with Gasteiger partial charge in [0, 0.05) is 31.9 Å². The first-order chi connectivity index (χ1) is 8.11. The zero-order chi connectivity index (χ0) is 12.4. The average Bonchev–Trinajstić information content (AvgIpc) is 2.85. The molecule has 0 saturated carbocycles. The summed E-state index contributed by atoms with van der Waals surface area (Å²) in [5.41, 5.74) is 7.10. The van der Waals surface area contributed by atoms with E-state index in [2.05, 4.69) is 41.4 Å². The second kappa shape index (κ2) is 5.08. The molecule has 2 heterocycles. The summed E-state index contributed by atoms with van der Waals surface area (Å²) >= 11 is 0. The number of rotatable bonds is 4. The van der Waals surface area contributed by atoms with Gasteiger partial charge < -0.3 is 15.2 Å². The molecule has 2 unspecified atom stereocenters. The van der Waals surface area contributed by atoms with E-state index in [4.69, 9.17) is 5.73 Å². The Morgan fingerprint density at radius 3 is 2.94 bits per heavy atom. The van der Waals surface area contributed by atoms with E-state index in [-0.39, 0.29) is 6.04 Å². The van der Waals surface area contributed by atoms with Crippen molar-refractivity contribution in [3.8, 4) is 0 Å². The zero-order valence-electron chi connectivity index (χ0n) is 11.2. The van der Waals surface area contributed by atoms with Gasteiger partial charge in [-0.25, -0.2) is 4.98 Å². The van der Waals surface area contributed by atoms with Crippen molar-refractivity contribution in [3.05, 3.63) is 11.9 Å². The molecule has 1 aromatic heterocycles. The number of aryl methyl sites for hydroxylation is 2. The van der Waals surface area contributed by atoms with Crippen LogP contribution in [0.5, 0.6) is 0 Å². The summed E-state index contributed by atoms with van der Waals surface area (Å²) in [5.74, 6) is 1.74. The van der Waals surface area contributed by atoms with E-state index in [1.165, 1.54) is 6.42 Å². The van der Waals surface area contributed by atoms with Crippen molar-refractivity contribution in [2.45, 2.75) is 46.2 Å². The lowest BCUT2D eigenvalue weighted by Crippen LogP contribution is -2.30. The Morgan fingerprint density at radius 1 is 1.59 bits per heavy atom. The summed E-state index contributed by atoms with van der Waals surface area (Å²) in [6.07, 6.45) is 4.49. The second-order valence-electron chi connectivity index (χ2n) is 5.23. The highest BCUT2D eigenvalue weighted by Gasteiger charge is 2.27. The Kier molecular flexibility index (Phi) is 3.72. The highest BCUT2D eigenvalue weighted by molar-refractivity contribution is 5.35. The molecule has 0 amide bonds. The van der Waals surface area contributed by atoms with Gasteiger partial charge in [0.1, 0.15) is 0 Å². The van der Waals surface area contributed by atoms with Crippen molar-refractivity contribution in [2.24, 2.45) is 11.7 Å². The number of hydrogen-bond acceptors (Lipinski definition) is 3. The van der Waals surface area contributed by atoms with Gasteiger partial charge >= 0.3 is 0 Å². The summed E-state index contributed by atoms with van der Waals surface area (Å²) in [4.78, 5) is 7.04. The first kappa shape index (κ1) is 12.4. The Labute approximate surface area is 104 Å². The van der Waals surface area contributed by atoms with Gasteiger partial charge in [-0.05, 0) is 32.6 Å². The van der Waals surface area contributed by atoms with Crippen LogP contribution in [0.4, 0.5) is 5.95 Å². The predicted molar refractivity (Wildman–Crippen MR) is 71.2 cm³/mol. The van der Waals surface area contributed by atoms with Gasteiger partial charge in [0.2, 0.25) is 5.95 Å². The third-order valence-electron chi connectivity index (χ3n) is 3.59.